The molecular weight excluding hydrogens is 359 g/mol. The molecular formula is C11H17IN6O. The van der Waals surface area contributed by atoms with E-state index >= 15 is 0 Å². The van der Waals surface area contributed by atoms with E-state index in [1.807, 2.05) is 6.92 Å². The third-order valence-electron chi connectivity index (χ3n) is 2.77. The second-order valence-electron chi connectivity index (χ2n) is 5.27. The Labute approximate surface area is 124 Å². The van der Waals surface area contributed by atoms with Gasteiger partial charge in [-0.05, 0) is 49.8 Å². The molecule has 0 aliphatic rings. The summed E-state index contributed by atoms with van der Waals surface area (Å²) in [4.78, 5) is 8.16. The molecule has 104 valence electrons. The summed E-state index contributed by atoms with van der Waals surface area (Å²) in [5.74, 6) is 0.451. The second kappa shape index (κ2) is 4.75. The molecule has 0 fully saturated rings. The van der Waals surface area contributed by atoms with Gasteiger partial charge in [-0.3, -0.25) is 0 Å². The highest BCUT2D eigenvalue weighted by molar-refractivity contribution is 14.1. The monoisotopic (exact) mass is 376 g/mol. The van der Waals surface area contributed by atoms with Crippen molar-refractivity contribution in [2.75, 3.05) is 11.5 Å². The molecule has 19 heavy (non-hydrogen) atoms. The van der Waals surface area contributed by atoms with E-state index in [4.69, 9.17) is 11.5 Å². The minimum Gasteiger partial charge on any atom is -0.390 e. The Morgan fingerprint density at radius 3 is 2.58 bits per heavy atom. The van der Waals surface area contributed by atoms with Crippen LogP contribution in [0.5, 0.6) is 0 Å². The molecule has 0 aromatic carbocycles. The highest BCUT2D eigenvalue weighted by Gasteiger charge is 2.23. The van der Waals surface area contributed by atoms with E-state index in [0.29, 0.717) is 23.3 Å². The van der Waals surface area contributed by atoms with Crippen LogP contribution in [0.15, 0.2) is 0 Å². The molecule has 2 heterocycles. The highest BCUT2D eigenvalue weighted by Crippen LogP contribution is 2.29. The number of anilines is 2. The van der Waals surface area contributed by atoms with Gasteiger partial charge in [0, 0.05) is 0 Å². The first-order valence-corrected chi connectivity index (χ1v) is 6.96. The predicted octanol–water partition coefficient (Wildman–Crippen LogP) is 1.32. The maximum atomic E-state index is 9.91. The SMILES string of the molecule is C[C@H](CC(C)(C)O)n1nc(I)c2c(N)nc(N)nc21. The van der Waals surface area contributed by atoms with Gasteiger partial charge in [-0.2, -0.15) is 15.1 Å². The Kier molecular flexibility index (Phi) is 3.56. The van der Waals surface area contributed by atoms with Gasteiger partial charge in [-0.25, -0.2) is 4.68 Å². The summed E-state index contributed by atoms with van der Waals surface area (Å²) in [6, 6.07) is -0.0280. The summed E-state index contributed by atoms with van der Waals surface area (Å²) in [5.41, 5.74) is 11.3. The highest BCUT2D eigenvalue weighted by atomic mass is 127. The number of hydrogen-bond donors (Lipinski definition) is 3. The summed E-state index contributed by atoms with van der Waals surface area (Å²) in [7, 11) is 0. The number of nitrogens with two attached hydrogens (primary N) is 2. The van der Waals surface area contributed by atoms with Crippen LogP contribution in [0.25, 0.3) is 11.0 Å². The van der Waals surface area contributed by atoms with Gasteiger partial charge in [-0.15, -0.1) is 0 Å². The van der Waals surface area contributed by atoms with E-state index in [9.17, 15) is 5.11 Å². The van der Waals surface area contributed by atoms with E-state index in [0.717, 1.165) is 3.70 Å². The lowest BCUT2D eigenvalue weighted by molar-refractivity contribution is 0.0557. The number of halogens is 1. The first-order valence-electron chi connectivity index (χ1n) is 5.88. The van der Waals surface area contributed by atoms with Crippen molar-refractivity contribution in [2.45, 2.75) is 38.8 Å². The van der Waals surface area contributed by atoms with E-state index < -0.39 is 5.60 Å². The minimum atomic E-state index is -0.784. The van der Waals surface area contributed by atoms with Gasteiger partial charge in [0.1, 0.15) is 9.52 Å². The number of nitrogen functional groups attached to an aromatic ring is 2. The van der Waals surface area contributed by atoms with Crippen LogP contribution in [-0.2, 0) is 0 Å². The molecule has 0 aliphatic carbocycles. The Hall–Kier alpha value is -1.16. The van der Waals surface area contributed by atoms with Crippen LogP contribution in [-0.4, -0.2) is 30.5 Å². The molecule has 0 saturated carbocycles. The largest absolute Gasteiger partial charge is 0.390 e. The van der Waals surface area contributed by atoms with E-state index in [2.05, 4.69) is 37.7 Å². The Morgan fingerprint density at radius 2 is 2.00 bits per heavy atom. The molecule has 0 unspecified atom stereocenters. The molecule has 2 rings (SSSR count). The van der Waals surface area contributed by atoms with Gasteiger partial charge in [0.15, 0.2) is 5.65 Å². The molecule has 1 atom stereocenters. The van der Waals surface area contributed by atoms with Gasteiger partial charge >= 0.3 is 0 Å². The van der Waals surface area contributed by atoms with Crippen molar-refractivity contribution in [1.82, 2.24) is 19.7 Å². The molecule has 0 spiro atoms. The summed E-state index contributed by atoms with van der Waals surface area (Å²) in [6.45, 7) is 5.49. The van der Waals surface area contributed by atoms with Crippen molar-refractivity contribution in [2.24, 2.45) is 0 Å². The lowest BCUT2D eigenvalue weighted by Gasteiger charge is -2.22. The minimum absolute atomic E-state index is 0.0280. The summed E-state index contributed by atoms with van der Waals surface area (Å²) < 4.78 is 2.47. The molecule has 2 aromatic heterocycles. The maximum Gasteiger partial charge on any atom is 0.224 e. The predicted molar refractivity (Wildman–Crippen MR) is 82.5 cm³/mol. The molecule has 2 aromatic rings. The van der Waals surface area contributed by atoms with E-state index in [-0.39, 0.29) is 12.0 Å². The lowest BCUT2D eigenvalue weighted by atomic mass is 10.0. The van der Waals surface area contributed by atoms with Crippen molar-refractivity contribution in [3.05, 3.63) is 3.70 Å². The molecule has 0 radical (unpaired) electrons. The van der Waals surface area contributed by atoms with Crippen molar-refractivity contribution >= 4 is 45.4 Å². The van der Waals surface area contributed by atoms with E-state index in [1.54, 1.807) is 18.5 Å². The summed E-state index contributed by atoms with van der Waals surface area (Å²) >= 11 is 2.09. The topological polar surface area (TPSA) is 116 Å². The zero-order valence-corrected chi connectivity index (χ0v) is 13.2. The first kappa shape index (κ1) is 14.3. The smallest absolute Gasteiger partial charge is 0.224 e. The van der Waals surface area contributed by atoms with Gasteiger partial charge in [0.05, 0.1) is 17.0 Å². The van der Waals surface area contributed by atoms with Gasteiger partial charge in [0.25, 0.3) is 0 Å². The normalized spacial score (nSPS) is 13.9. The van der Waals surface area contributed by atoms with Crippen LogP contribution in [0, 0.1) is 3.70 Å². The van der Waals surface area contributed by atoms with Crippen molar-refractivity contribution in [3.8, 4) is 0 Å². The van der Waals surface area contributed by atoms with Crippen LogP contribution < -0.4 is 11.5 Å². The van der Waals surface area contributed by atoms with Crippen LogP contribution in [0.2, 0.25) is 0 Å². The molecule has 7 nitrogen and oxygen atoms in total. The number of rotatable bonds is 3. The fraction of sp³-hybridized carbons (Fsp3) is 0.545. The van der Waals surface area contributed by atoms with Gasteiger partial charge in [0.2, 0.25) is 5.95 Å². The number of aliphatic hydroxyl groups is 1. The van der Waals surface area contributed by atoms with Gasteiger partial charge < -0.3 is 16.6 Å². The van der Waals surface area contributed by atoms with Gasteiger partial charge in [-0.1, -0.05) is 0 Å². The molecule has 0 saturated heterocycles. The summed E-state index contributed by atoms with van der Waals surface area (Å²) in [6.07, 6.45) is 0.545. The Bertz CT molecular complexity index is 618. The number of fused-ring (bicyclic) bond motifs is 1. The van der Waals surface area contributed by atoms with Crippen molar-refractivity contribution < 1.29 is 5.11 Å². The number of nitrogens with zero attached hydrogens (tertiary/aromatic N) is 4. The van der Waals surface area contributed by atoms with Crippen molar-refractivity contribution in [3.63, 3.8) is 0 Å². The first-order chi connectivity index (χ1) is 8.69. The average molecular weight is 376 g/mol. The van der Waals surface area contributed by atoms with Crippen LogP contribution in [0.4, 0.5) is 11.8 Å². The zero-order chi connectivity index (χ0) is 14.4. The van der Waals surface area contributed by atoms with Crippen LogP contribution in [0.3, 0.4) is 0 Å². The standard InChI is InChI=1S/C11H17IN6O/c1-5(4-11(2,3)19)18-9-6(7(12)17-18)8(13)15-10(14)16-9/h5,19H,4H2,1-3H3,(H4,13,14,15,16)/t5-/m1/s1. The third-order valence-corrected chi connectivity index (χ3v) is 3.52. The average Bonchev–Trinajstić information content (AvgIpc) is 2.53. The van der Waals surface area contributed by atoms with E-state index in [1.165, 1.54) is 0 Å². The Morgan fingerprint density at radius 1 is 1.37 bits per heavy atom. The lowest BCUT2D eigenvalue weighted by Crippen LogP contribution is -2.24. The third kappa shape index (κ3) is 2.89. The molecule has 5 N–H and O–H groups in total. The zero-order valence-electron chi connectivity index (χ0n) is 11.1. The number of aromatic nitrogens is 4. The second-order valence-corrected chi connectivity index (χ2v) is 6.29. The Balaban J connectivity index is 2.56. The van der Waals surface area contributed by atoms with Crippen molar-refractivity contribution in [1.29, 1.82) is 0 Å². The van der Waals surface area contributed by atoms with Crippen LogP contribution >= 0.6 is 22.6 Å². The maximum absolute atomic E-state index is 9.91. The molecule has 8 heteroatoms. The molecule has 0 aliphatic heterocycles. The quantitative estimate of drug-likeness (QED) is 0.696. The van der Waals surface area contributed by atoms with Crippen LogP contribution in [0.1, 0.15) is 33.2 Å². The molecule has 0 amide bonds. The number of hydrogen-bond acceptors (Lipinski definition) is 6. The summed E-state index contributed by atoms with van der Waals surface area (Å²) in [5, 5.41) is 15.0. The fourth-order valence-electron chi connectivity index (χ4n) is 2.16. The molecule has 0 bridgehead atoms. The fourth-order valence-corrected chi connectivity index (χ4v) is 2.91.